The number of halogens is 4. The molecule has 0 radical (unpaired) electrons. The van der Waals surface area contributed by atoms with E-state index in [9.17, 15) is 9.50 Å². The molecule has 0 heterocycles. The zero-order valence-corrected chi connectivity index (χ0v) is 13.8. The monoisotopic (exact) mass is 436 g/mol. The lowest BCUT2D eigenvalue weighted by Crippen LogP contribution is -2.02. The minimum atomic E-state index is -1.00. The Morgan fingerprint density at radius 1 is 0.889 bits per heavy atom. The molecule has 1 N–H and O–H groups in total. The van der Waals surface area contributed by atoms with Gasteiger partial charge in [0, 0.05) is 19.0 Å². The molecule has 0 bridgehead atoms. The predicted molar refractivity (Wildman–Crippen MR) is 80.0 cm³/mol. The Kier molecular flexibility index (Phi) is 4.59. The first kappa shape index (κ1) is 14.2. The number of rotatable bonds is 2. The van der Waals surface area contributed by atoms with Crippen LogP contribution >= 0.6 is 47.8 Å². The second kappa shape index (κ2) is 5.82. The van der Waals surface area contributed by atoms with Gasteiger partial charge in [0.2, 0.25) is 0 Å². The summed E-state index contributed by atoms with van der Waals surface area (Å²) in [4.78, 5) is 0. The van der Waals surface area contributed by atoms with Gasteiger partial charge in [-0.1, -0.05) is 47.8 Å². The van der Waals surface area contributed by atoms with E-state index >= 15 is 0 Å². The van der Waals surface area contributed by atoms with Gasteiger partial charge in [0.25, 0.3) is 0 Å². The van der Waals surface area contributed by atoms with Crippen LogP contribution in [-0.2, 0) is 0 Å². The molecule has 0 saturated carbocycles. The molecular formula is C13H8Br3FO. The van der Waals surface area contributed by atoms with E-state index < -0.39 is 11.9 Å². The topological polar surface area (TPSA) is 20.2 Å². The van der Waals surface area contributed by atoms with Crippen LogP contribution in [0.1, 0.15) is 17.2 Å². The average Bonchev–Trinajstić information content (AvgIpc) is 2.30. The van der Waals surface area contributed by atoms with Gasteiger partial charge >= 0.3 is 0 Å². The standard InChI is InChI=1S/C13H8Br3FO/c14-8-1-2-12(17)11(6-8)13(18)7-3-9(15)5-10(16)4-7/h1-6,13,18H. The number of hydrogen-bond donors (Lipinski definition) is 1. The maximum absolute atomic E-state index is 13.7. The van der Waals surface area contributed by atoms with Gasteiger partial charge in [0.05, 0.1) is 0 Å². The molecule has 0 amide bonds. The Labute approximate surface area is 129 Å². The summed E-state index contributed by atoms with van der Waals surface area (Å²) in [5.74, 6) is -0.429. The molecule has 5 heteroatoms. The van der Waals surface area contributed by atoms with Gasteiger partial charge in [-0.25, -0.2) is 4.39 Å². The van der Waals surface area contributed by atoms with Crippen molar-refractivity contribution >= 4 is 47.8 Å². The molecule has 0 aliphatic heterocycles. The predicted octanol–water partition coefficient (Wildman–Crippen LogP) is 5.19. The SMILES string of the molecule is OC(c1cc(Br)cc(Br)c1)c1cc(Br)ccc1F. The summed E-state index contributed by atoms with van der Waals surface area (Å²) in [5, 5.41) is 10.2. The molecule has 2 aromatic carbocycles. The molecule has 1 atom stereocenters. The lowest BCUT2D eigenvalue weighted by molar-refractivity contribution is 0.214. The minimum absolute atomic E-state index is 0.245. The molecule has 0 aromatic heterocycles. The maximum Gasteiger partial charge on any atom is 0.129 e. The van der Waals surface area contributed by atoms with E-state index in [0.29, 0.717) is 5.56 Å². The molecule has 1 nitrogen and oxygen atoms in total. The molecule has 94 valence electrons. The van der Waals surface area contributed by atoms with Crippen molar-refractivity contribution in [2.24, 2.45) is 0 Å². The van der Waals surface area contributed by atoms with Crippen LogP contribution in [0.5, 0.6) is 0 Å². The zero-order valence-electron chi connectivity index (χ0n) is 9.00. The maximum atomic E-state index is 13.7. The molecule has 0 aliphatic rings. The quantitative estimate of drug-likeness (QED) is 0.683. The molecular weight excluding hydrogens is 431 g/mol. The van der Waals surface area contributed by atoms with Crippen LogP contribution in [0.25, 0.3) is 0 Å². The smallest absolute Gasteiger partial charge is 0.129 e. The highest BCUT2D eigenvalue weighted by Crippen LogP contribution is 2.30. The molecule has 2 aromatic rings. The Bertz CT molecular complexity index is 566. The molecule has 0 aliphatic carbocycles. The third-order valence-corrected chi connectivity index (χ3v) is 3.86. The molecule has 0 spiro atoms. The summed E-state index contributed by atoms with van der Waals surface area (Å²) in [6, 6.07) is 9.88. The minimum Gasteiger partial charge on any atom is -0.384 e. The number of aliphatic hydroxyl groups excluding tert-OH is 1. The third kappa shape index (κ3) is 3.20. The van der Waals surface area contributed by atoms with Crippen molar-refractivity contribution in [3.05, 3.63) is 66.8 Å². The largest absolute Gasteiger partial charge is 0.384 e. The van der Waals surface area contributed by atoms with Gasteiger partial charge < -0.3 is 5.11 Å². The first-order chi connectivity index (χ1) is 8.47. The van der Waals surface area contributed by atoms with Crippen LogP contribution in [0, 0.1) is 5.82 Å². The highest BCUT2D eigenvalue weighted by atomic mass is 79.9. The average molecular weight is 439 g/mol. The summed E-state index contributed by atoms with van der Waals surface area (Å²) in [5.41, 5.74) is 0.864. The van der Waals surface area contributed by atoms with Crippen molar-refractivity contribution < 1.29 is 9.50 Å². The fraction of sp³-hybridized carbons (Fsp3) is 0.0769. The van der Waals surface area contributed by atoms with Gasteiger partial charge in [0.1, 0.15) is 11.9 Å². The highest BCUT2D eigenvalue weighted by Gasteiger charge is 2.16. The van der Waals surface area contributed by atoms with E-state index in [-0.39, 0.29) is 5.56 Å². The first-order valence-corrected chi connectivity index (χ1v) is 7.44. The lowest BCUT2D eigenvalue weighted by atomic mass is 10.0. The summed E-state index contributed by atoms with van der Waals surface area (Å²) in [7, 11) is 0. The second-order valence-corrected chi connectivity index (χ2v) is 6.52. The number of aliphatic hydroxyl groups is 1. The summed E-state index contributed by atoms with van der Waals surface area (Å²) < 4.78 is 16.1. The molecule has 0 saturated heterocycles. The van der Waals surface area contributed by atoms with E-state index in [1.165, 1.54) is 6.07 Å². The van der Waals surface area contributed by atoms with Gasteiger partial charge in [-0.2, -0.15) is 0 Å². The van der Waals surface area contributed by atoms with Crippen LogP contribution in [-0.4, -0.2) is 5.11 Å². The number of benzene rings is 2. The van der Waals surface area contributed by atoms with Crippen LogP contribution in [0.4, 0.5) is 4.39 Å². The first-order valence-electron chi connectivity index (χ1n) is 5.06. The Morgan fingerprint density at radius 2 is 1.50 bits per heavy atom. The fourth-order valence-corrected chi connectivity index (χ4v) is 3.34. The van der Waals surface area contributed by atoms with Crippen LogP contribution < -0.4 is 0 Å². The Balaban J connectivity index is 2.47. The molecule has 0 fully saturated rings. The van der Waals surface area contributed by atoms with Crippen molar-refractivity contribution in [1.29, 1.82) is 0 Å². The summed E-state index contributed by atoms with van der Waals surface area (Å²) in [6.45, 7) is 0. The zero-order chi connectivity index (χ0) is 13.3. The van der Waals surface area contributed by atoms with E-state index in [4.69, 9.17) is 0 Å². The fourth-order valence-electron chi connectivity index (χ4n) is 1.64. The van der Waals surface area contributed by atoms with Crippen LogP contribution in [0.15, 0.2) is 49.8 Å². The molecule has 1 unspecified atom stereocenters. The van der Waals surface area contributed by atoms with E-state index in [2.05, 4.69) is 47.8 Å². The van der Waals surface area contributed by atoms with Crippen molar-refractivity contribution in [3.8, 4) is 0 Å². The van der Waals surface area contributed by atoms with E-state index in [0.717, 1.165) is 13.4 Å². The van der Waals surface area contributed by atoms with Crippen molar-refractivity contribution in [2.75, 3.05) is 0 Å². The molecule has 2 rings (SSSR count). The van der Waals surface area contributed by atoms with Crippen LogP contribution in [0.3, 0.4) is 0 Å². The van der Waals surface area contributed by atoms with Crippen molar-refractivity contribution in [1.82, 2.24) is 0 Å². The second-order valence-electron chi connectivity index (χ2n) is 3.77. The van der Waals surface area contributed by atoms with Gasteiger partial charge in [0.15, 0.2) is 0 Å². The van der Waals surface area contributed by atoms with Crippen molar-refractivity contribution in [3.63, 3.8) is 0 Å². The normalized spacial score (nSPS) is 12.5. The summed E-state index contributed by atoms with van der Waals surface area (Å²) >= 11 is 9.96. The van der Waals surface area contributed by atoms with Crippen molar-refractivity contribution in [2.45, 2.75) is 6.10 Å². The van der Waals surface area contributed by atoms with Gasteiger partial charge in [-0.3, -0.25) is 0 Å². The summed E-state index contributed by atoms with van der Waals surface area (Å²) in [6.07, 6.45) is -1.00. The van der Waals surface area contributed by atoms with E-state index in [1.807, 2.05) is 6.07 Å². The highest BCUT2D eigenvalue weighted by molar-refractivity contribution is 9.11. The Morgan fingerprint density at radius 3 is 2.11 bits per heavy atom. The third-order valence-electron chi connectivity index (χ3n) is 2.45. The van der Waals surface area contributed by atoms with E-state index in [1.54, 1.807) is 24.3 Å². The lowest BCUT2D eigenvalue weighted by Gasteiger charge is -2.13. The van der Waals surface area contributed by atoms with Crippen LogP contribution in [0.2, 0.25) is 0 Å². The Hall–Kier alpha value is -0.230. The van der Waals surface area contributed by atoms with Gasteiger partial charge in [-0.05, 0) is 42.0 Å². The van der Waals surface area contributed by atoms with Gasteiger partial charge in [-0.15, -0.1) is 0 Å². The molecule has 18 heavy (non-hydrogen) atoms. The number of hydrogen-bond acceptors (Lipinski definition) is 1.